The molecule has 0 radical (unpaired) electrons. The van der Waals surface area contributed by atoms with Crippen LogP contribution < -0.4 is 11.1 Å². The van der Waals surface area contributed by atoms with Crippen molar-refractivity contribution in [2.75, 3.05) is 0 Å². The van der Waals surface area contributed by atoms with E-state index in [0.717, 1.165) is 11.4 Å². The Bertz CT molecular complexity index is 446. The van der Waals surface area contributed by atoms with Crippen molar-refractivity contribution < 1.29 is 4.79 Å². The highest BCUT2D eigenvalue weighted by atomic mass is 32.1. The molecule has 4 nitrogen and oxygen atoms in total. The fourth-order valence-corrected chi connectivity index (χ4v) is 2.28. The quantitative estimate of drug-likeness (QED) is 0.873. The van der Waals surface area contributed by atoms with E-state index < -0.39 is 11.0 Å². The van der Waals surface area contributed by atoms with E-state index in [1.54, 1.807) is 11.3 Å². The summed E-state index contributed by atoms with van der Waals surface area (Å²) in [5.74, 6) is -0.0410. The van der Waals surface area contributed by atoms with Gasteiger partial charge in [0, 0.05) is 16.6 Å². The summed E-state index contributed by atoms with van der Waals surface area (Å²) in [5.41, 5.74) is 4.87. The van der Waals surface area contributed by atoms with Gasteiger partial charge in [0.2, 0.25) is 5.91 Å². The molecule has 1 amide bonds. The molecule has 1 heterocycles. The summed E-state index contributed by atoms with van der Waals surface area (Å²) in [6, 6.07) is -0.0839. The maximum atomic E-state index is 12.4. The summed E-state index contributed by atoms with van der Waals surface area (Å²) in [6.07, 6.45) is 2.85. The van der Waals surface area contributed by atoms with E-state index in [0.29, 0.717) is 0 Å². The zero-order valence-electron chi connectivity index (χ0n) is 12.7. The molecule has 1 aromatic heterocycles. The molecular formula is C14H25N3OS. The summed E-state index contributed by atoms with van der Waals surface area (Å²) in [5, 5.41) is 3.95. The maximum absolute atomic E-state index is 12.4. The number of nitrogens with zero attached hydrogens (tertiary/aromatic N) is 1. The van der Waals surface area contributed by atoms with Crippen LogP contribution in [0.15, 0.2) is 6.20 Å². The normalized spacial score (nSPS) is 14.3. The lowest BCUT2D eigenvalue weighted by Gasteiger charge is -2.37. The first-order chi connectivity index (χ1) is 8.59. The molecule has 0 aliphatic rings. The van der Waals surface area contributed by atoms with Gasteiger partial charge < -0.3 is 11.1 Å². The van der Waals surface area contributed by atoms with Gasteiger partial charge in [-0.1, -0.05) is 6.92 Å². The first-order valence-electron chi connectivity index (χ1n) is 6.64. The summed E-state index contributed by atoms with van der Waals surface area (Å²) >= 11 is 1.64. The molecule has 0 spiro atoms. The summed E-state index contributed by atoms with van der Waals surface area (Å²) in [7, 11) is 0. The number of aromatic nitrogens is 1. The minimum Gasteiger partial charge on any atom is -0.347 e. The molecular weight excluding hydrogens is 258 g/mol. The molecule has 0 aliphatic carbocycles. The van der Waals surface area contributed by atoms with Gasteiger partial charge in [0.15, 0.2) is 0 Å². The van der Waals surface area contributed by atoms with Gasteiger partial charge in [-0.2, -0.15) is 0 Å². The molecule has 0 aliphatic heterocycles. The molecule has 1 atom stereocenters. The van der Waals surface area contributed by atoms with Gasteiger partial charge >= 0.3 is 0 Å². The van der Waals surface area contributed by atoms with E-state index in [1.807, 2.05) is 40.8 Å². The van der Waals surface area contributed by atoms with Gasteiger partial charge in [0.25, 0.3) is 0 Å². The number of rotatable bonds is 5. The number of thiazole rings is 1. The monoisotopic (exact) mass is 283 g/mol. The van der Waals surface area contributed by atoms with Gasteiger partial charge in [0.05, 0.1) is 11.5 Å². The zero-order chi connectivity index (χ0) is 14.8. The number of aryl methyl sites for hydroxylation is 1. The Morgan fingerprint density at radius 1 is 1.47 bits per heavy atom. The summed E-state index contributed by atoms with van der Waals surface area (Å²) < 4.78 is 0. The van der Waals surface area contributed by atoms with Gasteiger partial charge in [-0.15, -0.1) is 11.3 Å². The average Bonchev–Trinajstić information content (AvgIpc) is 2.75. The number of amides is 1. The molecule has 0 fully saturated rings. The Hall–Kier alpha value is -0.940. The van der Waals surface area contributed by atoms with Crippen molar-refractivity contribution in [3.8, 4) is 0 Å². The third-order valence-corrected chi connectivity index (χ3v) is 5.14. The van der Waals surface area contributed by atoms with Crippen LogP contribution in [0.5, 0.6) is 0 Å². The van der Waals surface area contributed by atoms with Crippen LogP contribution in [0.1, 0.15) is 57.5 Å². The molecule has 0 aromatic carbocycles. The number of hydrogen-bond acceptors (Lipinski definition) is 4. The van der Waals surface area contributed by atoms with E-state index in [-0.39, 0.29) is 11.9 Å². The van der Waals surface area contributed by atoms with Crippen LogP contribution in [0.4, 0.5) is 0 Å². The highest BCUT2D eigenvalue weighted by Crippen LogP contribution is 2.30. The van der Waals surface area contributed by atoms with Gasteiger partial charge in [-0.05, 0) is 41.0 Å². The van der Waals surface area contributed by atoms with Crippen molar-refractivity contribution in [3.05, 3.63) is 16.1 Å². The van der Waals surface area contributed by atoms with Gasteiger partial charge in [-0.25, -0.2) is 4.98 Å². The second-order valence-corrected chi connectivity index (χ2v) is 7.21. The summed E-state index contributed by atoms with van der Waals surface area (Å²) in [4.78, 5) is 17.9. The predicted octanol–water partition coefficient (Wildman–Crippen LogP) is 2.65. The Labute approximate surface area is 119 Å². The summed E-state index contributed by atoms with van der Waals surface area (Å²) in [6.45, 7) is 11.5. The van der Waals surface area contributed by atoms with Crippen molar-refractivity contribution in [1.82, 2.24) is 10.3 Å². The molecule has 3 N–H and O–H groups in total. The molecule has 0 saturated carbocycles. The van der Waals surface area contributed by atoms with E-state index in [4.69, 9.17) is 5.73 Å². The third-order valence-electron chi connectivity index (χ3n) is 3.82. The molecule has 19 heavy (non-hydrogen) atoms. The number of carbonyl (C=O) groups is 1. The molecule has 5 heteroatoms. The van der Waals surface area contributed by atoms with Crippen LogP contribution >= 0.6 is 11.3 Å². The smallest absolute Gasteiger partial charge is 0.228 e. The molecule has 108 valence electrons. The minimum atomic E-state index is -0.633. The first-order valence-corrected chi connectivity index (χ1v) is 7.45. The molecule has 0 saturated heterocycles. The minimum absolute atomic E-state index is 0.0410. The molecule has 1 aromatic rings. The Kier molecular flexibility index (Phi) is 4.74. The van der Waals surface area contributed by atoms with Crippen molar-refractivity contribution in [3.63, 3.8) is 0 Å². The van der Waals surface area contributed by atoms with Crippen molar-refractivity contribution in [2.24, 2.45) is 11.1 Å². The zero-order valence-corrected chi connectivity index (χ0v) is 13.5. The molecule has 0 bridgehead atoms. The van der Waals surface area contributed by atoms with E-state index >= 15 is 0 Å². The SMILES string of the molecule is CCc1cnc(C(C)NC(=O)C(C)(C)C(C)(C)N)s1. The topological polar surface area (TPSA) is 68.0 Å². The van der Waals surface area contributed by atoms with E-state index in [1.165, 1.54) is 4.88 Å². The Morgan fingerprint density at radius 2 is 2.05 bits per heavy atom. The lowest BCUT2D eigenvalue weighted by molar-refractivity contribution is -0.132. The van der Waals surface area contributed by atoms with Gasteiger partial charge in [0.1, 0.15) is 5.01 Å². The first kappa shape index (κ1) is 16.1. The van der Waals surface area contributed by atoms with E-state index in [9.17, 15) is 4.79 Å². The van der Waals surface area contributed by atoms with Crippen LogP contribution in [0.3, 0.4) is 0 Å². The molecule has 1 unspecified atom stereocenters. The second kappa shape index (κ2) is 5.59. The fraction of sp³-hybridized carbons (Fsp3) is 0.714. The fourth-order valence-electron chi connectivity index (χ4n) is 1.42. The standard InChI is InChI=1S/C14H25N3OS/c1-7-10-8-16-11(19-10)9(2)17-12(18)13(3,4)14(5,6)15/h8-9H,7,15H2,1-6H3,(H,17,18). The van der Waals surface area contributed by atoms with Gasteiger partial charge in [-0.3, -0.25) is 4.79 Å². The lowest BCUT2D eigenvalue weighted by Crippen LogP contribution is -2.55. The Balaban J connectivity index is 2.77. The number of nitrogens with two attached hydrogens (primary N) is 1. The van der Waals surface area contributed by atoms with E-state index in [2.05, 4.69) is 17.2 Å². The van der Waals surface area contributed by atoms with Crippen LogP contribution in [0.25, 0.3) is 0 Å². The van der Waals surface area contributed by atoms with Crippen molar-refractivity contribution in [2.45, 2.75) is 59.5 Å². The maximum Gasteiger partial charge on any atom is 0.228 e. The highest BCUT2D eigenvalue weighted by molar-refractivity contribution is 7.11. The second-order valence-electron chi connectivity index (χ2n) is 6.06. The van der Waals surface area contributed by atoms with Crippen LogP contribution in [-0.2, 0) is 11.2 Å². The highest BCUT2D eigenvalue weighted by Gasteiger charge is 2.40. The Morgan fingerprint density at radius 3 is 2.47 bits per heavy atom. The van der Waals surface area contributed by atoms with Crippen LogP contribution in [-0.4, -0.2) is 16.4 Å². The van der Waals surface area contributed by atoms with Crippen molar-refractivity contribution >= 4 is 17.2 Å². The third kappa shape index (κ3) is 3.54. The number of carbonyl (C=O) groups excluding carboxylic acids is 1. The number of nitrogens with one attached hydrogen (secondary N) is 1. The predicted molar refractivity (Wildman–Crippen MR) is 80.1 cm³/mol. The molecule has 1 rings (SSSR count). The van der Waals surface area contributed by atoms with Crippen LogP contribution in [0, 0.1) is 5.41 Å². The number of hydrogen-bond donors (Lipinski definition) is 2. The van der Waals surface area contributed by atoms with Crippen molar-refractivity contribution in [1.29, 1.82) is 0 Å². The lowest BCUT2D eigenvalue weighted by atomic mass is 9.74. The largest absolute Gasteiger partial charge is 0.347 e. The van der Waals surface area contributed by atoms with Crippen LogP contribution in [0.2, 0.25) is 0 Å². The average molecular weight is 283 g/mol.